The van der Waals surface area contributed by atoms with Gasteiger partial charge in [-0.25, -0.2) is 0 Å². The van der Waals surface area contributed by atoms with Crippen molar-refractivity contribution in [2.24, 2.45) is 7.05 Å². The monoisotopic (exact) mass is 492 g/mol. The first-order valence-electron chi connectivity index (χ1n) is 12.7. The minimum absolute atomic E-state index is 0.171. The number of nitrogens with zero attached hydrogens (tertiary/aromatic N) is 2. The summed E-state index contributed by atoms with van der Waals surface area (Å²) in [7, 11) is 1.82. The maximum atomic E-state index is 13.2. The Balaban J connectivity index is 1.31. The topological polar surface area (TPSA) is 66.4 Å². The zero-order valence-electron chi connectivity index (χ0n) is 21.5. The maximum absolute atomic E-state index is 13.2. The second kappa shape index (κ2) is 10.3. The van der Waals surface area contributed by atoms with Gasteiger partial charge < -0.3 is 20.1 Å². The summed E-state index contributed by atoms with van der Waals surface area (Å²) in [6.07, 6.45) is 4.07. The van der Waals surface area contributed by atoms with Crippen molar-refractivity contribution in [3.05, 3.63) is 101 Å². The molecule has 2 amide bonds. The van der Waals surface area contributed by atoms with Gasteiger partial charge in [-0.2, -0.15) is 0 Å². The highest BCUT2D eigenvalue weighted by Gasteiger charge is 2.22. The van der Waals surface area contributed by atoms with Gasteiger partial charge in [0.15, 0.2) is 0 Å². The summed E-state index contributed by atoms with van der Waals surface area (Å²) in [6, 6.07) is 23.9. The fourth-order valence-corrected chi connectivity index (χ4v) is 4.98. The zero-order chi connectivity index (χ0) is 25.9. The van der Waals surface area contributed by atoms with Crippen LogP contribution in [0.15, 0.2) is 79.0 Å². The summed E-state index contributed by atoms with van der Waals surface area (Å²) < 4.78 is 1.76. The van der Waals surface area contributed by atoms with Crippen molar-refractivity contribution in [3.8, 4) is 11.1 Å². The Morgan fingerprint density at radius 3 is 2.05 bits per heavy atom. The van der Waals surface area contributed by atoms with Crippen LogP contribution in [-0.2, 0) is 7.05 Å². The normalized spacial score (nSPS) is 13.0. The molecule has 1 saturated heterocycles. The molecular weight excluding hydrogens is 460 g/mol. The van der Waals surface area contributed by atoms with Crippen LogP contribution in [-0.4, -0.2) is 29.5 Å². The van der Waals surface area contributed by atoms with Crippen LogP contribution in [0.2, 0.25) is 0 Å². The molecule has 1 fully saturated rings. The van der Waals surface area contributed by atoms with Crippen LogP contribution in [0.5, 0.6) is 0 Å². The lowest BCUT2D eigenvalue weighted by Gasteiger charge is -2.20. The number of amides is 2. The summed E-state index contributed by atoms with van der Waals surface area (Å²) in [6.45, 7) is 5.85. The number of hydrogen-bond acceptors (Lipinski definition) is 3. The van der Waals surface area contributed by atoms with Gasteiger partial charge in [0.2, 0.25) is 0 Å². The van der Waals surface area contributed by atoms with Gasteiger partial charge in [0.05, 0.1) is 11.3 Å². The van der Waals surface area contributed by atoms with Gasteiger partial charge in [0, 0.05) is 43.3 Å². The molecule has 0 unspecified atom stereocenters. The second-order valence-corrected chi connectivity index (χ2v) is 9.69. The zero-order valence-corrected chi connectivity index (χ0v) is 21.5. The number of para-hydroxylation sites is 1. The third-order valence-electron chi connectivity index (χ3n) is 7.02. The van der Waals surface area contributed by atoms with Crippen molar-refractivity contribution in [1.82, 2.24) is 4.57 Å². The number of carbonyl (C=O) groups excluding carboxylic acids is 2. The van der Waals surface area contributed by atoms with Gasteiger partial charge in [-0.15, -0.1) is 0 Å². The van der Waals surface area contributed by atoms with Crippen LogP contribution in [0.4, 0.5) is 17.1 Å². The van der Waals surface area contributed by atoms with Crippen LogP contribution in [0.1, 0.15) is 44.8 Å². The molecule has 1 aliphatic rings. The molecule has 0 saturated carbocycles. The molecule has 37 heavy (non-hydrogen) atoms. The SMILES string of the molecule is Cc1ccc(-c2ccc(NC(=O)c3c(C)c(NC(=O)c4ccccc4N4CCCC4)cn3C)cc2)cc1. The van der Waals surface area contributed by atoms with E-state index in [-0.39, 0.29) is 11.8 Å². The van der Waals surface area contributed by atoms with Crippen LogP contribution in [0, 0.1) is 13.8 Å². The Morgan fingerprint density at radius 1 is 0.757 bits per heavy atom. The van der Waals surface area contributed by atoms with Crippen molar-refractivity contribution in [1.29, 1.82) is 0 Å². The minimum atomic E-state index is -0.221. The standard InChI is InChI=1S/C31H32N4O2/c1-21-10-12-23(13-11-21)24-14-16-25(17-15-24)32-31(37)29-22(2)27(20-34(29)3)33-30(36)26-8-4-5-9-28(26)35-18-6-7-19-35/h4-5,8-17,20H,6-7,18-19H2,1-3H3,(H,32,37)(H,33,36). The van der Waals surface area contributed by atoms with E-state index in [0.29, 0.717) is 22.6 Å². The molecule has 3 aromatic carbocycles. The third kappa shape index (κ3) is 5.14. The van der Waals surface area contributed by atoms with E-state index >= 15 is 0 Å². The Kier molecular flexibility index (Phi) is 6.82. The van der Waals surface area contributed by atoms with E-state index in [1.807, 2.05) is 62.5 Å². The van der Waals surface area contributed by atoms with E-state index in [1.54, 1.807) is 10.8 Å². The molecule has 1 aliphatic heterocycles. The number of rotatable bonds is 6. The molecule has 0 atom stereocenters. The van der Waals surface area contributed by atoms with Crippen LogP contribution in [0.25, 0.3) is 11.1 Å². The molecule has 0 aliphatic carbocycles. The minimum Gasteiger partial charge on any atom is -0.371 e. The van der Waals surface area contributed by atoms with Crippen molar-refractivity contribution in [2.75, 3.05) is 28.6 Å². The van der Waals surface area contributed by atoms with Gasteiger partial charge >= 0.3 is 0 Å². The number of nitrogens with one attached hydrogen (secondary N) is 2. The van der Waals surface area contributed by atoms with Gasteiger partial charge in [0.1, 0.15) is 5.69 Å². The average molecular weight is 493 g/mol. The molecule has 0 radical (unpaired) electrons. The van der Waals surface area contributed by atoms with E-state index in [1.165, 1.54) is 5.56 Å². The summed E-state index contributed by atoms with van der Waals surface area (Å²) in [5, 5.41) is 6.03. The molecule has 4 aromatic rings. The summed E-state index contributed by atoms with van der Waals surface area (Å²) in [5.74, 6) is -0.393. The summed E-state index contributed by atoms with van der Waals surface area (Å²) >= 11 is 0. The molecule has 6 nitrogen and oxygen atoms in total. The van der Waals surface area contributed by atoms with E-state index in [4.69, 9.17) is 0 Å². The van der Waals surface area contributed by atoms with Crippen LogP contribution in [0.3, 0.4) is 0 Å². The lowest BCUT2D eigenvalue weighted by atomic mass is 10.0. The van der Waals surface area contributed by atoms with Gasteiger partial charge in [-0.1, -0.05) is 54.1 Å². The van der Waals surface area contributed by atoms with Crippen LogP contribution < -0.4 is 15.5 Å². The molecule has 6 heteroatoms. The molecule has 188 valence electrons. The Bertz CT molecular complexity index is 1430. The smallest absolute Gasteiger partial charge is 0.272 e. The molecule has 2 heterocycles. The molecule has 0 bridgehead atoms. The van der Waals surface area contributed by atoms with Crippen molar-refractivity contribution in [3.63, 3.8) is 0 Å². The summed E-state index contributed by atoms with van der Waals surface area (Å²) in [5.41, 5.74) is 7.62. The Labute approximate surface area is 217 Å². The first-order valence-corrected chi connectivity index (χ1v) is 12.7. The predicted molar refractivity (Wildman–Crippen MR) is 151 cm³/mol. The quantitative estimate of drug-likeness (QED) is 0.327. The lowest BCUT2D eigenvalue weighted by Crippen LogP contribution is -2.22. The number of benzene rings is 3. The molecular formula is C31H32N4O2. The largest absolute Gasteiger partial charge is 0.371 e. The fraction of sp³-hybridized carbons (Fsp3) is 0.226. The molecule has 1 aromatic heterocycles. The fourth-order valence-electron chi connectivity index (χ4n) is 4.98. The van der Waals surface area contributed by atoms with Gasteiger partial charge in [-0.05, 0) is 62.1 Å². The van der Waals surface area contributed by atoms with Crippen molar-refractivity contribution in [2.45, 2.75) is 26.7 Å². The predicted octanol–water partition coefficient (Wildman–Crippen LogP) is 6.41. The Hall–Kier alpha value is -4.32. The molecule has 5 rings (SSSR count). The van der Waals surface area contributed by atoms with E-state index < -0.39 is 0 Å². The van der Waals surface area contributed by atoms with E-state index in [9.17, 15) is 9.59 Å². The highest BCUT2D eigenvalue weighted by atomic mass is 16.2. The molecule has 0 spiro atoms. The summed E-state index contributed by atoms with van der Waals surface area (Å²) in [4.78, 5) is 28.7. The van der Waals surface area contributed by atoms with Gasteiger partial charge in [-0.3, -0.25) is 9.59 Å². The highest BCUT2D eigenvalue weighted by molar-refractivity contribution is 6.10. The Morgan fingerprint density at radius 2 is 1.38 bits per heavy atom. The number of hydrogen-bond donors (Lipinski definition) is 2. The lowest BCUT2D eigenvalue weighted by molar-refractivity contribution is 0.101. The number of aromatic nitrogens is 1. The van der Waals surface area contributed by atoms with E-state index in [0.717, 1.165) is 48.3 Å². The van der Waals surface area contributed by atoms with Crippen molar-refractivity contribution >= 4 is 28.9 Å². The highest BCUT2D eigenvalue weighted by Crippen LogP contribution is 2.28. The maximum Gasteiger partial charge on any atom is 0.272 e. The van der Waals surface area contributed by atoms with Crippen LogP contribution >= 0.6 is 0 Å². The number of carbonyl (C=O) groups is 2. The van der Waals surface area contributed by atoms with E-state index in [2.05, 4.69) is 46.7 Å². The second-order valence-electron chi connectivity index (χ2n) is 9.69. The van der Waals surface area contributed by atoms with Gasteiger partial charge in [0.25, 0.3) is 11.8 Å². The molecule has 2 N–H and O–H groups in total. The average Bonchev–Trinajstić information content (AvgIpc) is 3.53. The number of aryl methyl sites for hydroxylation is 2. The first-order chi connectivity index (χ1) is 17.9. The number of anilines is 3. The first kappa shape index (κ1) is 24.4. The third-order valence-corrected chi connectivity index (χ3v) is 7.02. The van der Waals surface area contributed by atoms with Crippen molar-refractivity contribution < 1.29 is 9.59 Å².